The van der Waals surface area contributed by atoms with Gasteiger partial charge in [-0.3, -0.25) is 4.79 Å². The number of halogens is 1. The van der Waals surface area contributed by atoms with E-state index in [1.807, 2.05) is 0 Å². The molecule has 0 aromatic carbocycles. The first-order valence-electron chi connectivity index (χ1n) is 6.17. The second kappa shape index (κ2) is 5.14. The van der Waals surface area contributed by atoms with Crippen molar-refractivity contribution >= 4 is 27.3 Å². The molecule has 3 unspecified atom stereocenters. The van der Waals surface area contributed by atoms with Gasteiger partial charge >= 0.3 is 0 Å². The van der Waals surface area contributed by atoms with Crippen molar-refractivity contribution in [1.29, 1.82) is 0 Å². The topological polar surface area (TPSA) is 63.2 Å². The van der Waals surface area contributed by atoms with Crippen LogP contribution in [0.2, 0.25) is 0 Å². The minimum absolute atomic E-state index is 0.0507. The molecule has 0 aromatic rings. The minimum Gasteiger partial charge on any atom is -0.351 e. The Morgan fingerprint density at radius 2 is 1.88 bits per heavy atom. The lowest BCUT2D eigenvalue weighted by Crippen LogP contribution is -2.47. The third-order valence-corrected chi connectivity index (χ3v) is 6.33. The smallest absolute Gasteiger partial charge is 0.238 e. The number of alkyl halides is 1. The first-order valence-corrected chi connectivity index (χ1v) is 8.32. The highest BCUT2D eigenvalue weighted by atomic mass is 35.5. The number of carbonyl (C=O) groups excluding carboxylic acids is 1. The van der Waals surface area contributed by atoms with Crippen LogP contribution in [0.5, 0.6) is 0 Å². The highest BCUT2D eigenvalue weighted by Crippen LogP contribution is 2.25. The van der Waals surface area contributed by atoms with Crippen LogP contribution in [0.4, 0.5) is 0 Å². The summed E-state index contributed by atoms with van der Waals surface area (Å²) in [5, 5.41) is 1.91. The van der Waals surface area contributed by atoms with Gasteiger partial charge < -0.3 is 5.32 Å². The Bertz CT molecular complexity index is 396. The summed E-state index contributed by atoms with van der Waals surface area (Å²) in [7, 11) is -3.24. The molecule has 0 spiro atoms. The Morgan fingerprint density at radius 3 is 2.47 bits per heavy atom. The van der Waals surface area contributed by atoms with Crippen molar-refractivity contribution in [3.63, 3.8) is 0 Å². The maximum Gasteiger partial charge on any atom is 0.238 e. The van der Waals surface area contributed by atoms with Gasteiger partial charge in [0.15, 0.2) is 9.84 Å². The zero-order valence-electron chi connectivity index (χ0n) is 9.69. The quantitative estimate of drug-likeness (QED) is 0.774. The lowest BCUT2D eigenvalue weighted by molar-refractivity contribution is -0.121. The van der Waals surface area contributed by atoms with Gasteiger partial charge in [0.05, 0.1) is 11.1 Å². The molecule has 1 aliphatic carbocycles. The van der Waals surface area contributed by atoms with Crippen molar-refractivity contribution in [2.24, 2.45) is 0 Å². The molecule has 1 N–H and O–H groups in total. The van der Waals surface area contributed by atoms with Crippen LogP contribution < -0.4 is 5.32 Å². The van der Waals surface area contributed by atoms with Crippen LogP contribution in [-0.2, 0) is 14.6 Å². The lowest BCUT2D eigenvalue weighted by atomic mass is 10.1. The number of hydrogen-bond donors (Lipinski definition) is 1. The predicted molar refractivity (Wildman–Crippen MR) is 66.8 cm³/mol. The molecule has 0 aromatic heterocycles. The number of carbonyl (C=O) groups is 1. The van der Waals surface area contributed by atoms with Crippen molar-refractivity contribution < 1.29 is 13.2 Å². The van der Waals surface area contributed by atoms with Gasteiger partial charge in [0, 0.05) is 6.04 Å². The summed E-state index contributed by atoms with van der Waals surface area (Å²) in [5.74, 6) is -0.206. The van der Waals surface area contributed by atoms with E-state index < -0.39 is 15.1 Å². The number of nitrogens with one attached hydrogen (secondary N) is 1. The van der Waals surface area contributed by atoms with Gasteiger partial charge in [0.25, 0.3) is 0 Å². The number of sulfone groups is 1. The molecule has 17 heavy (non-hydrogen) atoms. The highest BCUT2D eigenvalue weighted by Gasteiger charge is 2.37. The molecule has 1 amide bonds. The van der Waals surface area contributed by atoms with E-state index in [1.54, 1.807) is 0 Å². The standard InChI is InChI=1S/C11H18ClNO3S/c12-8-4-3-5-9(8)13-11(14)10-6-1-2-7-17(10,15)16/h8-10H,1-7H2,(H,13,14). The molecule has 1 saturated heterocycles. The van der Waals surface area contributed by atoms with E-state index in [-0.39, 0.29) is 23.1 Å². The summed E-state index contributed by atoms with van der Waals surface area (Å²) >= 11 is 6.07. The molecule has 1 aliphatic heterocycles. The van der Waals surface area contributed by atoms with E-state index in [4.69, 9.17) is 11.6 Å². The molecular weight excluding hydrogens is 262 g/mol. The van der Waals surface area contributed by atoms with Gasteiger partial charge in [-0.15, -0.1) is 11.6 Å². The van der Waals surface area contributed by atoms with E-state index in [0.29, 0.717) is 12.8 Å². The van der Waals surface area contributed by atoms with Gasteiger partial charge in [-0.2, -0.15) is 0 Å². The largest absolute Gasteiger partial charge is 0.351 e. The van der Waals surface area contributed by atoms with Crippen molar-refractivity contribution in [1.82, 2.24) is 5.32 Å². The third-order valence-electron chi connectivity index (χ3n) is 3.63. The summed E-state index contributed by atoms with van der Waals surface area (Å²) in [6.45, 7) is 0. The molecule has 98 valence electrons. The fraction of sp³-hybridized carbons (Fsp3) is 0.909. The molecular formula is C11H18ClNO3S. The normalized spacial score (nSPS) is 36.6. The zero-order valence-corrected chi connectivity index (χ0v) is 11.3. The van der Waals surface area contributed by atoms with E-state index >= 15 is 0 Å². The molecule has 0 radical (unpaired) electrons. The maximum absolute atomic E-state index is 12.0. The molecule has 2 rings (SSSR count). The summed E-state index contributed by atoms with van der Waals surface area (Å²) in [5.41, 5.74) is 0. The van der Waals surface area contributed by atoms with Crippen LogP contribution in [0, 0.1) is 0 Å². The summed E-state index contributed by atoms with van der Waals surface area (Å²) in [6.07, 6.45) is 4.68. The van der Waals surface area contributed by atoms with E-state index in [1.165, 1.54) is 0 Å². The highest BCUT2D eigenvalue weighted by molar-refractivity contribution is 7.92. The van der Waals surface area contributed by atoms with Crippen LogP contribution in [-0.4, -0.2) is 36.7 Å². The van der Waals surface area contributed by atoms with Crippen molar-refractivity contribution in [3.8, 4) is 0 Å². The number of rotatable bonds is 2. The first kappa shape index (κ1) is 13.1. The summed E-state index contributed by atoms with van der Waals surface area (Å²) in [6, 6.07) is -0.0544. The summed E-state index contributed by atoms with van der Waals surface area (Å²) in [4.78, 5) is 12.0. The number of amides is 1. The Morgan fingerprint density at radius 1 is 1.12 bits per heavy atom. The molecule has 3 atom stereocenters. The van der Waals surface area contributed by atoms with Crippen LogP contribution in [0.15, 0.2) is 0 Å². The fourth-order valence-corrected chi connectivity index (χ4v) is 4.76. The van der Waals surface area contributed by atoms with E-state index in [0.717, 1.165) is 25.7 Å². The fourth-order valence-electron chi connectivity index (χ4n) is 2.60. The van der Waals surface area contributed by atoms with E-state index in [2.05, 4.69) is 5.32 Å². The molecule has 2 fully saturated rings. The van der Waals surface area contributed by atoms with Crippen LogP contribution >= 0.6 is 11.6 Å². The Kier molecular flexibility index (Phi) is 3.98. The summed E-state index contributed by atoms with van der Waals surface area (Å²) < 4.78 is 23.6. The van der Waals surface area contributed by atoms with Gasteiger partial charge in [-0.05, 0) is 32.1 Å². The molecule has 6 heteroatoms. The van der Waals surface area contributed by atoms with Gasteiger partial charge in [0.2, 0.25) is 5.91 Å². The third kappa shape index (κ3) is 2.94. The Labute approximate surface area is 107 Å². The van der Waals surface area contributed by atoms with Crippen LogP contribution in [0.3, 0.4) is 0 Å². The monoisotopic (exact) mass is 279 g/mol. The average molecular weight is 280 g/mol. The molecule has 1 heterocycles. The Balaban J connectivity index is 1.99. The zero-order chi connectivity index (χ0) is 12.5. The Hall–Kier alpha value is -0.290. The van der Waals surface area contributed by atoms with Gasteiger partial charge in [0.1, 0.15) is 5.25 Å². The molecule has 0 bridgehead atoms. The number of hydrogen-bond acceptors (Lipinski definition) is 3. The molecule has 1 saturated carbocycles. The lowest BCUT2D eigenvalue weighted by Gasteiger charge is -2.24. The first-order chi connectivity index (χ1) is 8.00. The van der Waals surface area contributed by atoms with E-state index in [9.17, 15) is 13.2 Å². The predicted octanol–water partition coefficient (Wildman–Crippen LogP) is 1.23. The van der Waals surface area contributed by atoms with Crippen molar-refractivity contribution in [2.75, 3.05) is 5.75 Å². The van der Waals surface area contributed by atoms with Crippen molar-refractivity contribution in [2.45, 2.75) is 55.2 Å². The van der Waals surface area contributed by atoms with Gasteiger partial charge in [-0.1, -0.05) is 6.42 Å². The maximum atomic E-state index is 12.0. The van der Waals surface area contributed by atoms with Crippen LogP contribution in [0.25, 0.3) is 0 Å². The SMILES string of the molecule is O=C(NC1CCCC1Cl)C1CCCCS1(=O)=O. The second-order valence-corrected chi connectivity index (χ2v) is 7.78. The average Bonchev–Trinajstić information content (AvgIpc) is 2.63. The minimum atomic E-state index is -3.24. The molecule has 4 nitrogen and oxygen atoms in total. The van der Waals surface area contributed by atoms with Crippen molar-refractivity contribution in [3.05, 3.63) is 0 Å². The molecule has 2 aliphatic rings. The van der Waals surface area contributed by atoms with Crippen LogP contribution in [0.1, 0.15) is 38.5 Å². The van der Waals surface area contributed by atoms with Gasteiger partial charge in [-0.25, -0.2) is 8.42 Å². The second-order valence-electron chi connectivity index (χ2n) is 4.91.